The molecule has 0 spiro atoms. The molecule has 1 rings (SSSR count). The summed E-state index contributed by atoms with van der Waals surface area (Å²) in [5, 5.41) is 22.1. The van der Waals surface area contributed by atoms with E-state index in [-0.39, 0.29) is 24.9 Å². The molecule has 0 aliphatic heterocycles. The van der Waals surface area contributed by atoms with Gasteiger partial charge in [-0.05, 0) is 20.8 Å². The van der Waals surface area contributed by atoms with E-state index >= 15 is 0 Å². The summed E-state index contributed by atoms with van der Waals surface area (Å²) >= 11 is 0. The van der Waals surface area contributed by atoms with Crippen molar-refractivity contribution in [2.45, 2.75) is 40.0 Å². The van der Waals surface area contributed by atoms with Gasteiger partial charge < -0.3 is 20.3 Å². The number of hydrogen-bond acceptors (Lipinski definition) is 6. The molecule has 0 aliphatic carbocycles. The van der Waals surface area contributed by atoms with Crippen molar-refractivity contribution >= 4 is 5.97 Å². The maximum atomic E-state index is 11.5. The minimum absolute atomic E-state index is 0.0371. The van der Waals surface area contributed by atoms with Crippen LogP contribution < -0.4 is 5.32 Å². The Morgan fingerprint density at radius 2 is 2.26 bits per heavy atom. The first-order valence-corrected chi connectivity index (χ1v) is 6.18. The van der Waals surface area contributed by atoms with Crippen molar-refractivity contribution in [1.82, 2.24) is 10.3 Å². The first kappa shape index (κ1) is 15.4. The Labute approximate surface area is 112 Å². The fraction of sp³-hybridized carbons (Fsp3) is 0.538. The van der Waals surface area contributed by atoms with Crippen molar-refractivity contribution in [3.05, 3.63) is 23.0 Å². The Morgan fingerprint density at radius 3 is 2.84 bits per heavy atom. The molecule has 1 atom stereocenters. The van der Waals surface area contributed by atoms with Crippen LogP contribution >= 0.6 is 0 Å². The highest BCUT2D eigenvalue weighted by Gasteiger charge is 2.16. The van der Waals surface area contributed by atoms with Crippen LogP contribution in [0.3, 0.4) is 0 Å². The molecule has 0 aromatic carbocycles. The van der Waals surface area contributed by atoms with Crippen LogP contribution in [0.15, 0.2) is 6.20 Å². The van der Waals surface area contributed by atoms with Gasteiger partial charge in [0.05, 0.1) is 18.9 Å². The molecule has 0 aliphatic rings. The maximum Gasteiger partial charge on any atom is 0.322 e. The summed E-state index contributed by atoms with van der Waals surface area (Å²) < 4.78 is 4.88. The molecule has 0 amide bonds. The number of carbonyl (C=O) groups excluding carboxylic acids is 1. The molecular formula is C13H20N2O4. The summed E-state index contributed by atoms with van der Waals surface area (Å²) in [6, 6.07) is -0.487. The third-order valence-electron chi connectivity index (χ3n) is 2.83. The molecular weight excluding hydrogens is 248 g/mol. The number of rotatable bonds is 6. The van der Waals surface area contributed by atoms with E-state index in [1.807, 2.05) is 0 Å². The summed E-state index contributed by atoms with van der Waals surface area (Å²) in [6.07, 6.45) is 1.51. The first-order valence-electron chi connectivity index (χ1n) is 6.18. The molecule has 1 heterocycles. The monoisotopic (exact) mass is 268 g/mol. The molecule has 0 radical (unpaired) electrons. The van der Waals surface area contributed by atoms with Crippen LogP contribution in [0.25, 0.3) is 0 Å². The van der Waals surface area contributed by atoms with Gasteiger partial charge in [-0.3, -0.25) is 9.78 Å². The van der Waals surface area contributed by atoms with Crippen LogP contribution in [0.2, 0.25) is 0 Å². The third kappa shape index (κ3) is 3.90. The minimum atomic E-state index is -0.487. The molecule has 3 N–H and O–H groups in total. The molecule has 0 saturated heterocycles. The van der Waals surface area contributed by atoms with E-state index in [0.29, 0.717) is 23.4 Å². The van der Waals surface area contributed by atoms with Crippen LogP contribution in [-0.4, -0.2) is 33.8 Å². The molecule has 1 aromatic rings. The van der Waals surface area contributed by atoms with Gasteiger partial charge in [0.25, 0.3) is 0 Å². The van der Waals surface area contributed by atoms with Gasteiger partial charge in [0, 0.05) is 23.9 Å². The number of aromatic hydroxyl groups is 1. The second kappa shape index (κ2) is 7.06. The smallest absolute Gasteiger partial charge is 0.322 e. The van der Waals surface area contributed by atoms with E-state index in [0.717, 1.165) is 0 Å². The van der Waals surface area contributed by atoms with Crippen molar-refractivity contribution in [3.8, 4) is 5.75 Å². The molecule has 6 nitrogen and oxygen atoms in total. The molecule has 1 aromatic heterocycles. The number of aliphatic hydroxyl groups is 1. The Bertz CT molecular complexity index is 449. The average molecular weight is 268 g/mol. The van der Waals surface area contributed by atoms with Crippen molar-refractivity contribution in [1.29, 1.82) is 0 Å². The number of esters is 1. The van der Waals surface area contributed by atoms with Crippen molar-refractivity contribution in [2.75, 3.05) is 6.61 Å². The quantitative estimate of drug-likeness (QED) is 0.655. The fourth-order valence-corrected chi connectivity index (χ4v) is 1.62. The van der Waals surface area contributed by atoms with Crippen LogP contribution in [-0.2, 0) is 22.7 Å². The number of aromatic nitrogens is 1. The predicted octanol–water partition coefficient (Wildman–Crippen LogP) is 0.629. The van der Waals surface area contributed by atoms with Crippen molar-refractivity contribution in [2.24, 2.45) is 0 Å². The van der Waals surface area contributed by atoms with Crippen LogP contribution in [0.5, 0.6) is 5.75 Å². The number of nitrogens with zero attached hydrogens (tertiary/aromatic N) is 1. The average Bonchev–Trinajstić information content (AvgIpc) is 2.40. The lowest BCUT2D eigenvalue weighted by molar-refractivity contribution is -0.145. The number of nitrogens with one attached hydrogen (secondary N) is 1. The first-order chi connectivity index (χ1) is 9.01. The third-order valence-corrected chi connectivity index (χ3v) is 2.83. The zero-order chi connectivity index (χ0) is 14.4. The van der Waals surface area contributed by atoms with E-state index < -0.39 is 6.04 Å². The van der Waals surface area contributed by atoms with Gasteiger partial charge in [-0.25, -0.2) is 0 Å². The Morgan fingerprint density at radius 1 is 1.58 bits per heavy atom. The predicted molar refractivity (Wildman–Crippen MR) is 69.5 cm³/mol. The molecule has 19 heavy (non-hydrogen) atoms. The summed E-state index contributed by atoms with van der Waals surface area (Å²) in [6.45, 7) is 5.46. The lowest BCUT2D eigenvalue weighted by atomic mass is 10.1. The lowest BCUT2D eigenvalue weighted by Gasteiger charge is -2.15. The van der Waals surface area contributed by atoms with Crippen molar-refractivity contribution < 1.29 is 19.7 Å². The number of aliphatic hydroxyl groups excluding tert-OH is 1. The topological polar surface area (TPSA) is 91.7 Å². The van der Waals surface area contributed by atoms with Gasteiger partial charge in [-0.1, -0.05) is 0 Å². The normalized spacial score (nSPS) is 12.2. The minimum Gasteiger partial charge on any atom is -0.506 e. The number of hydrogen-bond donors (Lipinski definition) is 3. The SMILES string of the molecule is CCOC(=O)C(C)NCc1c(CO)cnc(C)c1O. The second-order valence-corrected chi connectivity index (χ2v) is 4.21. The maximum absolute atomic E-state index is 11.5. The largest absolute Gasteiger partial charge is 0.506 e. The van der Waals surface area contributed by atoms with Crippen LogP contribution in [0, 0.1) is 6.92 Å². The highest BCUT2D eigenvalue weighted by molar-refractivity contribution is 5.75. The summed E-state index contributed by atoms with van der Waals surface area (Å²) in [7, 11) is 0. The zero-order valence-electron chi connectivity index (χ0n) is 11.4. The number of carbonyl (C=O) groups is 1. The van der Waals surface area contributed by atoms with Gasteiger partial charge in [-0.2, -0.15) is 0 Å². The highest BCUT2D eigenvalue weighted by atomic mass is 16.5. The van der Waals surface area contributed by atoms with E-state index in [1.54, 1.807) is 20.8 Å². The zero-order valence-corrected chi connectivity index (χ0v) is 11.4. The number of pyridine rings is 1. The Hall–Kier alpha value is -1.66. The van der Waals surface area contributed by atoms with Crippen molar-refractivity contribution in [3.63, 3.8) is 0 Å². The fourth-order valence-electron chi connectivity index (χ4n) is 1.62. The molecule has 6 heteroatoms. The molecule has 0 saturated carbocycles. The van der Waals surface area contributed by atoms with Crippen LogP contribution in [0.4, 0.5) is 0 Å². The van der Waals surface area contributed by atoms with Gasteiger partial charge in [-0.15, -0.1) is 0 Å². The van der Waals surface area contributed by atoms with Gasteiger partial charge >= 0.3 is 5.97 Å². The van der Waals surface area contributed by atoms with Crippen LogP contribution in [0.1, 0.15) is 30.7 Å². The standard InChI is InChI=1S/C13H20N2O4/c1-4-19-13(18)9(3)15-6-11-10(7-16)5-14-8(2)12(11)17/h5,9,15-17H,4,6-7H2,1-3H3. The highest BCUT2D eigenvalue weighted by Crippen LogP contribution is 2.23. The van der Waals surface area contributed by atoms with Gasteiger partial charge in [0.15, 0.2) is 0 Å². The molecule has 106 valence electrons. The number of ether oxygens (including phenoxy) is 1. The van der Waals surface area contributed by atoms with E-state index in [1.165, 1.54) is 6.20 Å². The van der Waals surface area contributed by atoms with Gasteiger partial charge in [0.2, 0.25) is 0 Å². The second-order valence-electron chi connectivity index (χ2n) is 4.21. The molecule has 0 bridgehead atoms. The Kier molecular flexibility index (Phi) is 5.72. The molecule has 0 fully saturated rings. The summed E-state index contributed by atoms with van der Waals surface area (Å²) in [4.78, 5) is 15.4. The van der Waals surface area contributed by atoms with Gasteiger partial charge in [0.1, 0.15) is 11.8 Å². The van der Waals surface area contributed by atoms with E-state index in [2.05, 4.69) is 10.3 Å². The summed E-state index contributed by atoms with van der Waals surface area (Å²) in [5.41, 5.74) is 1.57. The molecule has 1 unspecified atom stereocenters. The Balaban J connectivity index is 2.77. The summed E-state index contributed by atoms with van der Waals surface area (Å²) in [5.74, 6) is -0.312. The number of aryl methyl sites for hydroxylation is 1. The van der Waals surface area contributed by atoms with E-state index in [9.17, 15) is 15.0 Å². The van der Waals surface area contributed by atoms with E-state index in [4.69, 9.17) is 4.74 Å². The lowest BCUT2D eigenvalue weighted by Crippen LogP contribution is -2.35.